The number of anilines is 3. The van der Waals surface area contributed by atoms with Crippen LogP contribution in [0, 0.1) is 5.92 Å². The van der Waals surface area contributed by atoms with Crippen molar-refractivity contribution in [3.63, 3.8) is 0 Å². The number of rotatable bonds is 6. The Morgan fingerprint density at radius 1 is 1.29 bits per heavy atom. The molecule has 0 bridgehead atoms. The molecule has 1 aliphatic carbocycles. The van der Waals surface area contributed by atoms with Crippen LogP contribution in [-0.2, 0) is 9.84 Å². The molecule has 0 atom stereocenters. The summed E-state index contributed by atoms with van der Waals surface area (Å²) in [5, 5.41) is 6.18. The Bertz CT molecular complexity index is 838. The van der Waals surface area contributed by atoms with E-state index in [4.69, 9.17) is 11.6 Å². The minimum absolute atomic E-state index is 0.185. The van der Waals surface area contributed by atoms with Gasteiger partial charge in [-0.1, -0.05) is 30.2 Å². The van der Waals surface area contributed by atoms with E-state index in [1.807, 2.05) is 0 Å². The second kappa shape index (κ2) is 6.94. The van der Waals surface area contributed by atoms with Crippen molar-refractivity contribution in [1.29, 1.82) is 0 Å². The summed E-state index contributed by atoms with van der Waals surface area (Å²) in [7, 11) is -1.67. The molecule has 2 aromatic rings. The molecule has 2 N–H and O–H groups in total. The summed E-state index contributed by atoms with van der Waals surface area (Å²) in [5.41, 5.74) is 0.472. The maximum atomic E-state index is 12.7. The first-order valence-corrected chi connectivity index (χ1v) is 9.82. The van der Waals surface area contributed by atoms with Crippen LogP contribution < -0.4 is 10.6 Å². The highest BCUT2D eigenvalue weighted by atomic mass is 35.5. The van der Waals surface area contributed by atoms with E-state index in [-0.39, 0.29) is 16.6 Å². The predicted molar refractivity (Wildman–Crippen MR) is 95.7 cm³/mol. The summed E-state index contributed by atoms with van der Waals surface area (Å²) in [6.07, 6.45) is 4.55. The lowest BCUT2D eigenvalue weighted by Gasteiger charge is -2.25. The molecule has 1 heterocycles. The zero-order chi connectivity index (χ0) is 17.2. The van der Waals surface area contributed by atoms with Crippen LogP contribution in [-0.4, -0.2) is 31.2 Å². The summed E-state index contributed by atoms with van der Waals surface area (Å²) in [5.74, 6) is 1.21. The summed E-state index contributed by atoms with van der Waals surface area (Å²) in [6.45, 7) is 0. The van der Waals surface area contributed by atoms with E-state index < -0.39 is 9.84 Å². The number of nitrogens with one attached hydrogen (secondary N) is 2. The van der Waals surface area contributed by atoms with E-state index in [1.165, 1.54) is 6.20 Å². The summed E-state index contributed by atoms with van der Waals surface area (Å²) in [6, 6.07) is 6.83. The Balaban J connectivity index is 1.92. The largest absolute Gasteiger partial charge is 0.357 e. The van der Waals surface area contributed by atoms with Gasteiger partial charge < -0.3 is 10.6 Å². The van der Waals surface area contributed by atoms with Gasteiger partial charge in [-0.25, -0.2) is 13.4 Å². The first-order chi connectivity index (χ1) is 11.5. The minimum atomic E-state index is -3.36. The highest BCUT2D eigenvalue weighted by Gasteiger charge is 2.27. The van der Waals surface area contributed by atoms with Crippen LogP contribution >= 0.6 is 11.6 Å². The number of nitrogens with zero attached hydrogens (tertiary/aromatic N) is 2. The van der Waals surface area contributed by atoms with Crippen LogP contribution in [0.1, 0.15) is 19.3 Å². The van der Waals surface area contributed by atoms with Crippen LogP contribution in [0.4, 0.5) is 17.5 Å². The highest BCUT2D eigenvalue weighted by molar-refractivity contribution is 7.91. The number of sulfone groups is 1. The third-order valence-corrected chi connectivity index (χ3v) is 6.34. The van der Waals surface area contributed by atoms with E-state index in [0.29, 0.717) is 22.5 Å². The predicted octanol–water partition coefficient (Wildman–Crippen LogP) is 3.49. The van der Waals surface area contributed by atoms with Gasteiger partial charge in [0.15, 0.2) is 15.7 Å². The van der Waals surface area contributed by atoms with Gasteiger partial charge in [-0.3, -0.25) is 0 Å². The van der Waals surface area contributed by atoms with Crippen LogP contribution in [0.5, 0.6) is 0 Å². The third-order valence-electron chi connectivity index (χ3n) is 4.12. The topological polar surface area (TPSA) is 84.0 Å². The summed E-state index contributed by atoms with van der Waals surface area (Å²) in [4.78, 5) is 8.53. The summed E-state index contributed by atoms with van der Waals surface area (Å²) >= 11 is 6.12. The Labute approximate surface area is 146 Å². The van der Waals surface area contributed by atoms with Crippen molar-refractivity contribution in [2.24, 2.45) is 5.92 Å². The first kappa shape index (κ1) is 17.0. The Hall–Kier alpha value is -1.86. The fourth-order valence-corrected chi connectivity index (χ4v) is 4.62. The van der Waals surface area contributed by atoms with E-state index >= 15 is 0 Å². The lowest BCUT2D eigenvalue weighted by Crippen LogP contribution is -2.22. The minimum Gasteiger partial charge on any atom is -0.357 e. The molecule has 0 amide bonds. The molecule has 0 radical (unpaired) electrons. The fraction of sp³-hybridized carbons (Fsp3) is 0.375. The zero-order valence-electron chi connectivity index (χ0n) is 13.3. The van der Waals surface area contributed by atoms with Gasteiger partial charge in [-0.15, -0.1) is 0 Å². The van der Waals surface area contributed by atoms with Crippen LogP contribution in [0.2, 0.25) is 5.02 Å². The fourth-order valence-electron chi connectivity index (χ4n) is 2.60. The number of hydrogen-bond acceptors (Lipinski definition) is 6. The molecule has 1 aromatic carbocycles. The van der Waals surface area contributed by atoms with Crippen molar-refractivity contribution in [3.05, 3.63) is 35.5 Å². The molecule has 1 aliphatic rings. The average Bonchev–Trinajstić information content (AvgIpc) is 2.54. The lowest BCUT2D eigenvalue weighted by atomic mass is 9.87. The van der Waals surface area contributed by atoms with Crippen molar-refractivity contribution in [2.75, 3.05) is 23.4 Å². The highest BCUT2D eigenvalue weighted by Crippen LogP contribution is 2.33. The molecule has 3 rings (SSSR count). The molecular weight excluding hydrogens is 348 g/mol. The van der Waals surface area contributed by atoms with Gasteiger partial charge in [-0.2, -0.15) is 4.98 Å². The monoisotopic (exact) mass is 366 g/mol. The normalized spacial score (nSPS) is 14.9. The van der Waals surface area contributed by atoms with Gasteiger partial charge in [0.2, 0.25) is 5.95 Å². The molecule has 8 heteroatoms. The van der Waals surface area contributed by atoms with Gasteiger partial charge in [0.1, 0.15) is 5.02 Å². The molecule has 1 aromatic heterocycles. The van der Waals surface area contributed by atoms with Gasteiger partial charge in [0.05, 0.1) is 22.5 Å². The second-order valence-corrected chi connectivity index (χ2v) is 8.25. The Kier molecular flexibility index (Phi) is 4.91. The van der Waals surface area contributed by atoms with Crippen molar-refractivity contribution in [3.8, 4) is 0 Å². The maximum absolute atomic E-state index is 12.7. The van der Waals surface area contributed by atoms with Gasteiger partial charge in [-0.05, 0) is 30.9 Å². The molecular formula is C16H19ClN4O2S. The lowest BCUT2D eigenvalue weighted by molar-refractivity contribution is 0.347. The van der Waals surface area contributed by atoms with Crippen molar-refractivity contribution in [1.82, 2.24) is 9.97 Å². The number of aromatic nitrogens is 2. The number of halogens is 1. The molecule has 0 aliphatic heterocycles. The first-order valence-electron chi connectivity index (χ1n) is 7.78. The molecule has 24 heavy (non-hydrogen) atoms. The van der Waals surface area contributed by atoms with Gasteiger partial charge in [0, 0.05) is 7.05 Å². The SMILES string of the molecule is CNc1ncc(Cl)c(Nc2ccccc2S(=O)(=O)CC2CCC2)n1. The molecule has 6 nitrogen and oxygen atoms in total. The van der Waals surface area contributed by atoms with Crippen LogP contribution in [0.3, 0.4) is 0 Å². The maximum Gasteiger partial charge on any atom is 0.224 e. The smallest absolute Gasteiger partial charge is 0.224 e. The molecule has 0 saturated heterocycles. The van der Waals surface area contributed by atoms with Crippen molar-refractivity contribution < 1.29 is 8.42 Å². The van der Waals surface area contributed by atoms with Crippen molar-refractivity contribution in [2.45, 2.75) is 24.2 Å². The van der Waals surface area contributed by atoms with Crippen LogP contribution in [0.25, 0.3) is 0 Å². The molecule has 0 unspecified atom stereocenters. The van der Waals surface area contributed by atoms with E-state index in [0.717, 1.165) is 19.3 Å². The molecule has 0 spiro atoms. The number of benzene rings is 1. The Morgan fingerprint density at radius 2 is 2.04 bits per heavy atom. The summed E-state index contributed by atoms with van der Waals surface area (Å²) < 4.78 is 25.5. The standard InChI is InChI=1S/C16H19ClN4O2S/c1-18-16-19-9-12(17)15(21-16)20-13-7-2-3-8-14(13)24(22,23)10-11-5-4-6-11/h2-3,7-9,11H,4-6,10H2,1H3,(H2,18,19,20,21). The number of hydrogen-bond donors (Lipinski definition) is 2. The molecule has 128 valence electrons. The average molecular weight is 367 g/mol. The van der Waals surface area contributed by atoms with Crippen molar-refractivity contribution >= 4 is 38.9 Å². The van der Waals surface area contributed by atoms with Gasteiger partial charge >= 0.3 is 0 Å². The van der Waals surface area contributed by atoms with E-state index in [2.05, 4.69) is 20.6 Å². The quantitative estimate of drug-likeness (QED) is 0.814. The van der Waals surface area contributed by atoms with E-state index in [9.17, 15) is 8.42 Å². The van der Waals surface area contributed by atoms with Gasteiger partial charge in [0.25, 0.3) is 0 Å². The molecule has 1 saturated carbocycles. The van der Waals surface area contributed by atoms with E-state index in [1.54, 1.807) is 31.3 Å². The third kappa shape index (κ3) is 3.62. The number of para-hydroxylation sites is 1. The van der Waals surface area contributed by atoms with Crippen LogP contribution in [0.15, 0.2) is 35.4 Å². The molecule has 1 fully saturated rings. The zero-order valence-corrected chi connectivity index (χ0v) is 14.9. The Morgan fingerprint density at radius 3 is 2.71 bits per heavy atom. The second-order valence-electron chi connectivity index (χ2n) is 5.84.